The Labute approximate surface area is 161 Å². The predicted molar refractivity (Wildman–Crippen MR) is 101 cm³/mol. The van der Waals surface area contributed by atoms with E-state index in [2.05, 4.69) is 5.32 Å². The molecular formula is C19H19ClN2O5. The van der Waals surface area contributed by atoms with Crippen LogP contribution in [0, 0.1) is 10.1 Å². The van der Waals surface area contributed by atoms with E-state index in [1.165, 1.54) is 12.1 Å². The summed E-state index contributed by atoms with van der Waals surface area (Å²) in [5, 5.41) is 13.7. The van der Waals surface area contributed by atoms with Crippen molar-refractivity contribution < 1.29 is 19.2 Å². The molecule has 0 spiro atoms. The Bertz CT molecular complexity index is 900. The number of rotatable bonds is 6. The van der Waals surface area contributed by atoms with E-state index in [4.69, 9.17) is 21.1 Å². The van der Waals surface area contributed by atoms with Crippen molar-refractivity contribution in [1.29, 1.82) is 0 Å². The number of carbonyl (C=O) groups excluding carboxylic acids is 1. The number of nitrogens with zero attached hydrogens (tertiary/aromatic N) is 1. The van der Waals surface area contributed by atoms with Crippen molar-refractivity contribution in [2.75, 3.05) is 6.61 Å². The first-order valence-electron chi connectivity index (χ1n) is 8.56. The van der Waals surface area contributed by atoms with Crippen LogP contribution in [0.3, 0.4) is 0 Å². The van der Waals surface area contributed by atoms with Crippen LogP contribution in [-0.4, -0.2) is 23.5 Å². The lowest BCUT2D eigenvalue weighted by atomic mass is 10.1. The van der Waals surface area contributed by atoms with Crippen LogP contribution in [0.1, 0.15) is 35.3 Å². The molecule has 0 fully saturated rings. The van der Waals surface area contributed by atoms with Crippen LogP contribution < -0.4 is 14.8 Å². The van der Waals surface area contributed by atoms with Gasteiger partial charge in [0.25, 0.3) is 11.6 Å². The highest BCUT2D eigenvalue weighted by Gasteiger charge is 2.22. The van der Waals surface area contributed by atoms with Gasteiger partial charge in [-0.05, 0) is 38.1 Å². The average Bonchev–Trinajstić information content (AvgIpc) is 2.98. The number of nitrogens with one attached hydrogen (secondary N) is 1. The SMILES string of the molecule is CCOc1cc2c(cc1CNC(=O)c1ccc(Cl)c([N+](=O)[O-])c1)O[C@@H](C)C2. The van der Waals surface area contributed by atoms with Crippen molar-refractivity contribution in [2.45, 2.75) is 32.9 Å². The molecule has 7 nitrogen and oxygen atoms in total. The van der Waals surface area contributed by atoms with Crippen molar-refractivity contribution in [3.05, 3.63) is 62.2 Å². The fourth-order valence-electron chi connectivity index (χ4n) is 2.98. The Morgan fingerprint density at radius 3 is 2.89 bits per heavy atom. The lowest BCUT2D eigenvalue weighted by Crippen LogP contribution is -2.23. The molecule has 142 valence electrons. The molecule has 0 saturated carbocycles. The minimum absolute atomic E-state index is 0.0138. The quantitative estimate of drug-likeness (QED) is 0.596. The Morgan fingerprint density at radius 2 is 2.19 bits per heavy atom. The Kier molecular flexibility index (Phi) is 5.51. The van der Waals surface area contributed by atoms with E-state index in [0.29, 0.717) is 12.4 Å². The maximum Gasteiger partial charge on any atom is 0.288 e. The molecule has 1 heterocycles. The van der Waals surface area contributed by atoms with E-state index < -0.39 is 10.8 Å². The normalized spacial score (nSPS) is 15.0. The van der Waals surface area contributed by atoms with Crippen LogP contribution in [0.25, 0.3) is 0 Å². The number of ether oxygens (including phenoxy) is 2. The number of benzene rings is 2. The zero-order valence-corrected chi connectivity index (χ0v) is 15.7. The summed E-state index contributed by atoms with van der Waals surface area (Å²) < 4.78 is 11.5. The monoisotopic (exact) mass is 390 g/mol. The molecular weight excluding hydrogens is 372 g/mol. The van der Waals surface area contributed by atoms with Gasteiger partial charge >= 0.3 is 0 Å². The van der Waals surface area contributed by atoms with E-state index in [1.54, 1.807) is 0 Å². The van der Waals surface area contributed by atoms with Crippen molar-refractivity contribution in [3.63, 3.8) is 0 Å². The number of halogens is 1. The van der Waals surface area contributed by atoms with Gasteiger partial charge < -0.3 is 14.8 Å². The van der Waals surface area contributed by atoms with Crippen molar-refractivity contribution in [2.24, 2.45) is 0 Å². The summed E-state index contributed by atoms with van der Waals surface area (Å²) in [4.78, 5) is 22.8. The zero-order valence-electron chi connectivity index (χ0n) is 15.0. The average molecular weight is 391 g/mol. The molecule has 1 amide bonds. The van der Waals surface area contributed by atoms with Gasteiger partial charge in [0, 0.05) is 35.7 Å². The summed E-state index contributed by atoms with van der Waals surface area (Å²) in [5.74, 6) is 1.04. The molecule has 0 bridgehead atoms. The molecule has 0 unspecified atom stereocenters. The molecule has 0 radical (unpaired) electrons. The van der Waals surface area contributed by atoms with Crippen molar-refractivity contribution >= 4 is 23.2 Å². The van der Waals surface area contributed by atoms with Crippen molar-refractivity contribution in [3.8, 4) is 11.5 Å². The Morgan fingerprint density at radius 1 is 1.41 bits per heavy atom. The highest BCUT2D eigenvalue weighted by atomic mass is 35.5. The maximum absolute atomic E-state index is 12.4. The van der Waals surface area contributed by atoms with E-state index in [0.717, 1.165) is 29.4 Å². The fourth-order valence-corrected chi connectivity index (χ4v) is 3.17. The highest BCUT2D eigenvalue weighted by molar-refractivity contribution is 6.32. The number of hydrogen-bond donors (Lipinski definition) is 1. The third-order valence-electron chi connectivity index (χ3n) is 4.22. The molecule has 3 rings (SSSR count). The molecule has 0 aromatic heterocycles. The van der Waals surface area contributed by atoms with Crippen LogP contribution in [0.2, 0.25) is 5.02 Å². The molecule has 0 saturated heterocycles. The van der Waals surface area contributed by atoms with Gasteiger partial charge in [0.05, 0.1) is 11.5 Å². The zero-order chi connectivity index (χ0) is 19.6. The number of carbonyl (C=O) groups is 1. The Hall–Kier alpha value is -2.80. The van der Waals surface area contributed by atoms with E-state index in [-0.39, 0.29) is 28.9 Å². The number of nitro benzene ring substituents is 1. The molecule has 27 heavy (non-hydrogen) atoms. The highest BCUT2D eigenvalue weighted by Crippen LogP contribution is 2.35. The van der Waals surface area contributed by atoms with Crippen molar-refractivity contribution in [1.82, 2.24) is 5.32 Å². The lowest BCUT2D eigenvalue weighted by molar-refractivity contribution is -0.384. The first kappa shape index (κ1) is 19.0. The second kappa shape index (κ2) is 7.84. The second-order valence-electron chi connectivity index (χ2n) is 6.24. The molecule has 1 aliphatic rings. The summed E-state index contributed by atoms with van der Waals surface area (Å²) in [7, 11) is 0. The van der Waals surface area contributed by atoms with Gasteiger partial charge in [-0.2, -0.15) is 0 Å². The number of nitro groups is 1. The van der Waals surface area contributed by atoms with Crippen LogP contribution in [0.5, 0.6) is 11.5 Å². The summed E-state index contributed by atoms with van der Waals surface area (Å²) in [6.45, 7) is 4.59. The van der Waals surface area contributed by atoms with Gasteiger partial charge in [-0.1, -0.05) is 11.6 Å². The first-order valence-corrected chi connectivity index (χ1v) is 8.94. The molecule has 2 aromatic rings. The summed E-state index contributed by atoms with van der Waals surface area (Å²) >= 11 is 5.79. The van der Waals surface area contributed by atoms with Gasteiger partial charge in [0.1, 0.15) is 22.6 Å². The molecule has 2 aromatic carbocycles. The summed E-state index contributed by atoms with van der Waals surface area (Å²) in [6, 6.07) is 7.76. The van der Waals surface area contributed by atoms with E-state index in [9.17, 15) is 14.9 Å². The third-order valence-corrected chi connectivity index (χ3v) is 4.54. The number of fused-ring (bicyclic) bond motifs is 1. The van der Waals surface area contributed by atoms with Crippen LogP contribution in [0.15, 0.2) is 30.3 Å². The first-order chi connectivity index (χ1) is 12.9. The van der Waals surface area contributed by atoms with E-state index in [1.807, 2.05) is 26.0 Å². The number of hydrogen-bond acceptors (Lipinski definition) is 5. The minimum Gasteiger partial charge on any atom is -0.494 e. The molecule has 1 atom stereocenters. The van der Waals surface area contributed by atoms with Crippen LogP contribution in [0.4, 0.5) is 5.69 Å². The molecule has 1 N–H and O–H groups in total. The van der Waals surface area contributed by atoms with Gasteiger partial charge in [0.15, 0.2) is 0 Å². The van der Waals surface area contributed by atoms with Gasteiger partial charge in [-0.25, -0.2) is 0 Å². The van der Waals surface area contributed by atoms with Crippen LogP contribution in [-0.2, 0) is 13.0 Å². The second-order valence-corrected chi connectivity index (χ2v) is 6.65. The van der Waals surface area contributed by atoms with Crippen LogP contribution >= 0.6 is 11.6 Å². The maximum atomic E-state index is 12.4. The largest absolute Gasteiger partial charge is 0.494 e. The molecule has 1 aliphatic heterocycles. The summed E-state index contributed by atoms with van der Waals surface area (Å²) in [6.07, 6.45) is 0.921. The fraction of sp³-hybridized carbons (Fsp3) is 0.316. The smallest absolute Gasteiger partial charge is 0.288 e. The van der Waals surface area contributed by atoms with Gasteiger partial charge in [0.2, 0.25) is 0 Å². The summed E-state index contributed by atoms with van der Waals surface area (Å²) in [5.41, 5.74) is 1.71. The van der Waals surface area contributed by atoms with Gasteiger partial charge in [-0.3, -0.25) is 14.9 Å². The standard InChI is InChI=1S/C19H19ClN2O5/c1-3-26-17-8-13-6-11(2)27-18(13)9-14(17)10-21-19(23)12-4-5-15(20)16(7-12)22(24)25/h4-5,7-9,11H,3,6,10H2,1-2H3,(H,21,23)/t11-/m0/s1. The van der Waals surface area contributed by atoms with E-state index >= 15 is 0 Å². The minimum atomic E-state index is -0.620. The predicted octanol–water partition coefficient (Wildman–Crippen LogP) is 3.90. The van der Waals surface area contributed by atoms with Gasteiger partial charge in [-0.15, -0.1) is 0 Å². The number of amides is 1. The topological polar surface area (TPSA) is 90.7 Å². The Balaban J connectivity index is 1.78. The molecule has 0 aliphatic carbocycles. The third kappa shape index (κ3) is 4.14. The lowest BCUT2D eigenvalue weighted by Gasteiger charge is -2.13. The molecule has 8 heteroatoms.